The van der Waals surface area contributed by atoms with E-state index in [2.05, 4.69) is 28.3 Å². The minimum atomic E-state index is 0.301. The summed E-state index contributed by atoms with van der Waals surface area (Å²) in [7, 11) is 0. The lowest BCUT2D eigenvalue weighted by atomic mass is 10.3. The molecule has 1 N–H and O–H groups in total. The highest BCUT2D eigenvalue weighted by Gasteiger charge is 2.08. The summed E-state index contributed by atoms with van der Waals surface area (Å²) >= 11 is 7.44. The molecule has 0 atom stereocenters. The van der Waals surface area contributed by atoms with E-state index in [1.807, 2.05) is 6.92 Å². The standard InChI is InChI=1S/C9H10ClN3S/c1-3-11-7-6-4-5(2)14-8(6)13-9(10)12-7/h4H,3H2,1-2H3,(H,11,12,13). The molecule has 0 bridgehead atoms. The van der Waals surface area contributed by atoms with E-state index < -0.39 is 0 Å². The first-order valence-electron chi connectivity index (χ1n) is 4.38. The number of anilines is 1. The predicted molar refractivity (Wildman–Crippen MR) is 61.3 cm³/mol. The van der Waals surface area contributed by atoms with Crippen LogP contribution in [0.2, 0.25) is 5.28 Å². The number of thiophene rings is 1. The summed E-state index contributed by atoms with van der Waals surface area (Å²) in [6.45, 7) is 4.91. The van der Waals surface area contributed by atoms with Gasteiger partial charge in [0, 0.05) is 11.4 Å². The van der Waals surface area contributed by atoms with Gasteiger partial charge in [0.1, 0.15) is 10.6 Å². The zero-order chi connectivity index (χ0) is 10.1. The number of hydrogen-bond donors (Lipinski definition) is 1. The van der Waals surface area contributed by atoms with Crippen LogP contribution >= 0.6 is 22.9 Å². The van der Waals surface area contributed by atoms with Gasteiger partial charge < -0.3 is 5.32 Å². The average Bonchev–Trinajstić information content (AvgIpc) is 2.45. The number of hydrogen-bond acceptors (Lipinski definition) is 4. The summed E-state index contributed by atoms with van der Waals surface area (Å²) < 4.78 is 0. The van der Waals surface area contributed by atoms with Crippen molar-refractivity contribution in [3.63, 3.8) is 0 Å². The maximum Gasteiger partial charge on any atom is 0.225 e. The van der Waals surface area contributed by atoms with Crippen LogP contribution in [0.15, 0.2) is 6.07 Å². The van der Waals surface area contributed by atoms with Gasteiger partial charge in [-0.3, -0.25) is 0 Å². The van der Waals surface area contributed by atoms with E-state index in [9.17, 15) is 0 Å². The molecule has 5 heteroatoms. The Labute approximate surface area is 91.1 Å². The van der Waals surface area contributed by atoms with Crippen molar-refractivity contribution in [3.05, 3.63) is 16.2 Å². The molecule has 0 aromatic carbocycles. The number of aromatic nitrogens is 2. The van der Waals surface area contributed by atoms with E-state index in [4.69, 9.17) is 11.6 Å². The summed E-state index contributed by atoms with van der Waals surface area (Å²) in [5, 5.41) is 4.53. The molecule has 0 radical (unpaired) electrons. The second-order valence-corrected chi connectivity index (χ2v) is 4.52. The Morgan fingerprint density at radius 1 is 1.50 bits per heavy atom. The number of halogens is 1. The van der Waals surface area contributed by atoms with Crippen LogP contribution in [0.1, 0.15) is 11.8 Å². The SMILES string of the molecule is CCNc1nc(Cl)nc2sc(C)cc12. The lowest BCUT2D eigenvalue weighted by Gasteiger charge is -2.02. The van der Waals surface area contributed by atoms with E-state index in [-0.39, 0.29) is 0 Å². The topological polar surface area (TPSA) is 37.8 Å². The second kappa shape index (κ2) is 3.71. The molecular weight excluding hydrogens is 218 g/mol. The largest absolute Gasteiger partial charge is 0.370 e. The molecule has 2 aromatic rings. The molecule has 0 spiro atoms. The van der Waals surface area contributed by atoms with Crippen molar-refractivity contribution in [1.82, 2.24) is 9.97 Å². The van der Waals surface area contributed by atoms with Crippen molar-refractivity contribution in [2.75, 3.05) is 11.9 Å². The van der Waals surface area contributed by atoms with Crippen molar-refractivity contribution < 1.29 is 0 Å². The molecule has 3 nitrogen and oxygen atoms in total. The highest BCUT2D eigenvalue weighted by molar-refractivity contribution is 7.18. The smallest absolute Gasteiger partial charge is 0.225 e. The number of fused-ring (bicyclic) bond motifs is 1. The molecular formula is C9H10ClN3S. The van der Waals surface area contributed by atoms with Gasteiger partial charge in [-0.05, 0) is 31.5 Å². The summed E-state index contributed by atoms with van der Waals surface area (Å²) in [6, 6.07) is 2.08. The zero-order valence-corrected chi connectivity index (χ0v) is 9.54. The van der Waals surface area contributed by atoms with Crippen LogP contribution in [-0.4, -0.2) is 16.5 Å². The first-order valence-corrected chi connectivity index (χ1v) is 5.57. The Bertz CT molecular complexity index is 466. The average molecular weight is 228 g/mol. The van der Waals surface area contributed by atoms with E-state index in [0.717, 1.165) is 22.6 Å². The molecule has 2 aromatic heterocycles. The van der Waals surface area contributed by atoms with Crippen LogP contribution < -0.4 is 5.32 Å². The zero-order valence-electron chi connectivity index (χ0n) is 7.97. The van der Waals surface area contributed by atoms with E-state index >= 15 is 0 Å². The van der Waals surface area contributed by atoms with Gasteiger partial charge in [-0.15, -0.1) is 11.3 Å². The molecule has 0 unspecified atom stereocenters. The molecule has 0 saturated carbocycles. The second-order valence-electron chi connectivity index (χ2n) is 2.95. The third-order valence-electron chi connectivity index (χ3n) is 1.83. The van der Waals surface area contributed by atoms with Gasteiger partial charge in [0.2, 0.25) is 5.28 Å². The van der Waals surface area contributed by atoms with Gasteiger partial charge in [-0.1, -0.05) is 0 Å². The van der Waals surface area contributed by atoms with E-state index in [1.54, 1.807) is 11.3 Å². The summed E-state index contributed by atoms with van der Waals surface area (Å²) in [6.07, 6.45) is 0. The van der Waals surface area contributed by atoms with Crippen molar-refractivity contribution in [2.24, 2.45) is 0 Å². The van der Waals surface area contributed by atoms with E-state index in [1.165, 1.54) is 4.88 Å². The molecule has 0 amide bonds. The van der Waals surface area contributed by atoms with Crippen LogP contribution in [0.25, 0.3) is 10.2 Å². The Morgan fingerprint density at radius 3 is 3.00 bits per heavy atom. The van der Waals surface area contributed by atoms with Gasteiger partial charge in [0.25, 0.3) is 0 Å². The fourth-order valence-corrected chi connectivity index (χ4v) is 2.42. The van der Waals surface area contributed by atoms with Crippen molar-refractivity contribution in [3.8, 4) is 0 Å². The van der Waals surface area contributed by atoms with Crippen molar-refractivity contribution >= 4 is 39.0 Å². The number of aryl methyl sites for hydroxylation is 1. The maximum atomic E-state index is 5.81. The summed E-state index contributed by atoms with van der Waals surface area (Å²) in [5.41, 5.74) is 0. The lowest BCUT2D eigenvalue weighted by Crippen LogP contribution is -2.00. The molecule has 2 heterocycles. The van der Waals surface area contributed by atoms with Gasteiger partial charge in [0.05, 0.1) is 5.39 Å². The number of nitrogens with zero attached hydrogens (tertiary/aromatic N) is 2. The maximum absolute atomic E-state index is 5.81. The quantitative estimate of drug-likeness (QED) is 0.802. The normalized spacial score (nSPS) is 10.8. The Balaban J connectivity index is 2.66. The van der Waals surface area contributed by atoms with Crippen LogP contribution in [-0.2, 0) is 0 Å². The fourth-order valence-electron chi connectivity index (χ4n) is 1.32. The van der Waals surface area contributed by atoms with E-state index in [0.29, 0.717) is 5.28 Å². The van der Waals surface area contributed by atoms with Crippen LogP contribution in [0.5, 0.6) is 0 Å². The van der Waals surface area contributed by atoms with Crippen LogP contribution in [0, 0.1) is 6.92 Å². The van der Waals surface area contributed by atoms with Gasteiger partial charge in [-0.2, -0.15) is 0 Å². The van der Waals surface area contributed by atoms with Gasteiger partial charge >= 0.3 is 0 Å². The molecule has 2 rings (SSSR count). The molecule has 0 aliphatic rings. The fraction of sp³-hybridized carbons (Fsp3) is 0.333. The first-order chi connectivity index (χ1) is 6.70. The monoisotopic (exact) mass is 227 g/mol. The van der Waals surface area contributed by atoms with Crippen molar-refractivity contribution in [2.45, 2.75) is 13.8 Å². The summed E-state index contributed by atoms with van der Waals surface area (Å²) in [4.78, 5) is 10.5. The molecule has 14 heavy (non-hydrogen) atoms. The highest BCUT2D eigenvalue weighted by Crippen LogP contribution is 2.29. The summed E-state index contributed by atoms with van der Waals surface area (Å²) in [5.74, 6) is 0.826. The lowest BCUT2D eigenvalue weighted by molar-refractivity contribution is 1.14. The van der Waals surface area contributed by atoms with Crippen LogP contribution in [0.4, 0.5) is 5.82 Å². The third kappa shape index (κ3) is 1.67. The first kappa shape index (κ1) is 9.68. The van der Waals surface area contributed by atoms with Gasteiger partial charge in [-0.25, -0.2) is 9.97 Å². The number of nitrogens with one attached hydrogen (secondary N) is 1. The molecule has 74 valence electrons. The predicted octanol–water partition coefficient (Wildman–Crippen LogP) is 3.08. The van der Waals surface area contributed by atoms with Gasteiger partial charge in [0.15, 0.2) is 0 Å². The highest BCUT2D eigenvalue weighted by atomic mass is 35.5. The molecule has 0 aliphatic heterocycles. The Kier molecular flexibility index (Phi) is 2.56. The minimum Gasteiger partial charge on any atom is -0.370 e. The van der Waals surface area contributed by atoms with Crippen LogP contribution in [0.3, 0.4) is 0 Å². The van der Waals surface area contributed by atoms with Crippen molar-refractivity contribution in [1.29, 1.82) is 0 Å². The third-order valence-corrected chi connectivity index (χ3v) is 2.95. The molecule has 0 aliphatic carbocycles. The Hall–Kier alpha value is -0.870. The Morgan fingerprint density at radius 2 is 2.29 bits per heavy atom. The number of rotatable bonds is 2. The molecule has 0 saturated heterocycles. The minimum absolute atomic E-state index is 0.301. The molecule has 0 fully saturated rings.